The Morgan fingerprint density at radius 3 is 2.35 bits per heavy atom. The number of halogens is 1. The molecule has 0 amide bonds. The summed E-state index contributed by atoms with van der Waals surface area (Å²) in [4.78, 5) is 10.9. The second-order valence-corrected chi connectivity index (χ2v) is 8.60. The van der Waals surface area contributed by atoms with Crippen molar-refractivity contribution in [2.45, 2.75) is 50.8 Å². The highest BCUT2D eigenvalue weighted by Crippen LogP contribution is 2.27. The monoisotopic (exact) mass is 361 g/mol. The predicted molar refractivity (Wildman–Crippen MR) is 91.1 cm³/mol. The predicted octanol–water partition coefficient (Wildman–Crippen LogP) is 3.68. The second kappa shape index (κ2) is 8.66. The largest absolute Gasteiger partial charge is 0.481 e. The van der Waals surface area contributed by atoms with Gasteiger partial charge in [0.05, 0.1) is 11.3 Å². The van der Waals surface area contributed by atoms with Crippen molar-refractivity contribution in [3.63, 3.8) is 0 Å². The van der Waals surface area contributed by atoms with Gasteiger partial charge in [0, 0.05) is 11.6 Å². The molecule has 0 spiro atoms. The Hall–Kier alpha value is -1.11. The molecule has 0 bridgehead atoms. The summed E-state index contributed by atoms with van der Waals surface area (Å²) >= 11 is 5.74. The number of rotatable bonds is 10. The molecule has 0 aliphatic carbocycles. The standard InChI is InChI=1S/C16H24ClNO4S/c1-16(2,12-15(19)20)10-4-3-5-11-18-23(21,22)14-8-6-13(17)7-9-14/h6-9,18H,3-5,10-12H2,1-2H3,(H,19,20). The van der Waals surface area contributed by atoms with Crippen LogP contribution in [0.15, 0.2) is 29.2 Å². The molecule has 130 valence electrons. The first-order valence-electron chi connectivity index (χ1n) is 7.59. The number of aliphatic carboxylic acids is 1. The van der Waals surface area contributed by atoms with Crippen LogP contribution >= 0.6 is 11.6 Å². The van der Waals surface area contributed by atoms with E-state index in [0.717, 1.165) is 25.7 Å². The van der Waals surface area contributed by atoms with Gasteiger partial charge < -0.3 is 5.11 Å². The van der Waals surface area contributed by atoms with Gasteiger partial charge in [-0.15, -0.1) is 0 Å². The molecule has 0 heterocycles. The fraction of sp³-hybridized carbons (Fsp3) is 0.562. The molecule has 0 aliphatic heterocycles. The molecule has 0 fully saturated rings. The average Bonchev–Trinajstić information content (AvgIpc) is 2.41. The Kier molecular flexibility index (Phi) is 7.51. The summed E-state index contributed by atoms with van der Waals surface area (Å²) in [6, 6.07) is 6.03. The Morgan fingerprint density at radius 1 is 1.17 bits per heavy atom. The molecule has 23 heavy (non-hydrogen) atoms. The van der Waals surface area contributed by atoms with Gasteiger partial charge in [-0.3, -0.25) is 4.79 Å². The van der Waals surface area contributed by atoms with Crippen LogP contribution in [0.25, 0.3) is 0 Å². The summed E-state index contributed by atoms with van der Waals surface area (Å²) < 4.78 is 26.6. The van der Waals surface area contributed by atoms with E-state index in [1.54, 1.807) is 12.1 Å². The quantitative estimate of drug-likeness (QED) is 0.622. The van der Waals surface area contributed by atoms with E-state index in [2.05, 4.69) is 4.72 Å². The lowest BCUT2D eigenvalue weighted by Gasteiger charge is -2.22. The maximum Gasteiger partial charge on any atom is 0.303 e. The number of sulfonamides is 1. The maximum absolute atomic E-state index is 12.0. The first-order chi connectivity index (χ1) is 10.6. The summed E-state index contributed by atoms with van der Waals surface area (Å²) in [7, 11) is -3.49. The van der Waals surface area contributed by atoms with Gasteiger partial charge in [-0.1, -0.05) is 38.3 Å². The molecule has 0 unspecified atom stereocenters. The molecule has 2 N–H and O–H groups in total. The average molecular weight is 362 g/mol. The van der Waals surface area contributed by atoms with Crippen LogP contribution in [0.5, 0.6) is 0 Å². The third-order valence-electron chi connectivity index (χ3n) is 3.58. The lowest BCUT2D eigenvalue weighted by molar-refractivity contribution is -0.139. The van der Waals surface area contributed by atoms with E-state index in [1.165, 1.54) is 12.1 Å². The van der Waals surface area contributed by atoms with Crippen LogP contribution in [0.2, 0.25) is 5.02 Å². The van der Waals surface area contributed by atoms with E-state index in [9.17, 15) is 13.2 Å². The van der Waals surface area contributed by atoms with Crippen LogP contribution in [0.3, 0.4) is 0 Å². The zero-order valence-corrected chi connectivity index (χ0v) is 15.1. The number of benzene rings is 1. The van der Waals surface area contributed by atoms with E-state index in [-0.39, 0.29) is 16.7 Å². The number of unbranched alkanes of at least 4 members (excludes halogenated alkanes) is 2. The van der Waals surface area contributed by atoms with Crippen molar-refractivity contribution in [2.24, 2.45) is 5.41 Å². The van der Waals surface area contributed by atoms with E-state index >= 15 is 0 Å². The molecule has 7 heteroatoms. The van der Waals surface area contributed by atoms with Gasteiger partial charge in [-0.2, -0.15) is 0 Å². The topological polar surface area (TPSA) is 83.5 Å². The SMILES string of the molecule is CC(C)(CCCCCNS(=O)(=O)c1ccc(Cl)cc1)CC(=O)O. The highest BCUT2D eigenvalue weighted by atomic mass is 35.5. The molecular weight excluding hydrogens is 338 g/mol. The van der Waals surface area contributed by atoms with Crippen LogP contribution in [0.1, 0.15) is 46.0 Å². The van der Waals surface area contributed by atoms with Crippen molar-refractivity contribution in [3.05, 3.63) is 29.3 Å². The van der Waals surface area contributed by atoms with E-state index in [0.29, 0.717) is 11.6 Å². The zero-order valence-electron chi connectivity index (χ0n) is 13.5. The van der Waals surface area contributed by atoms with Crippen LogP contribution in [0.4, 0.5) is 0 Å². The minimum absolute atomic E-state index is 0.149. The number of hydrogen-bond acceptors (Lipinski definition) is 3. The van der Waals surface area contributed by atoms with Gasteiger partial charge in [0.25, 0.3) is 0 Å². The molecule has 0 saturated heterocycles. The summed E-state index contributed by atoms with van der Waals surface area (Å²) in [6.45, 7) is 4.24. The molecule has 1 aromatic carbocycles. The summed E-state index contributed by atoms with van der Waals surface area (Å²) in [5.74, 6) is -0.786. The van der Waals surface area contributed by atoms with Crippen molar-refractivity contribution in [1.29, 1.82) is 0 Å². The molecule has 0 radical (unpaired) electrons. The van der Waals surface area contributed by atoms with Crippen molar-refractivity contribution >= 4 is 27.6 Å². The third kappa shape index (κ3) is 7.81. The molecule has 1 aromatic rings. The third-order valence-corrected chi connectivity index (χ3v) is 5.31. The van der Waals surface area contributed by atoms with E-state index in [1.807, 2.05) is 13.8 Å². The first kappa shape index (κ1) is 19.9. The van der Waals surface area contributed by atoms with Gasteiger partial charge in [0.15, 0.2) is 0 Å². The van der Waals surface area contributed by atoms with Crippen LogP contribution < -0.4 is 4.72 Å². The lowest BCUT2D eigenvalue weighted by Crippen LogP contribution is -2.24. The smallest absolute Gasteiger partial charge is 0.303 e. The van der Waals surface area contributed by atoms with E-state index in [4.69, 9.17) is 16.7 Å². The Balaban J connectivity index is 2.29. The minimum atomic E-state index is -3.49. The van der Waals surface area contributed by atoms with Crippen molar-refractivity contribution in [1.82, 2.24) is 4.72 Å². The second-order valence-electron chi connectivity index (χ2n) is 6.40. The van der Waals surface area contributed by atoms with Crippen molar-refractivity contribution in [2.75, 3.05) is 6.54 Å². The van der Waals surface area contributed by atoms with Crippen LogP contribution in [-0.4, -0.2) is 26.0 Å². The molecule has 5 nitrogen and oxygen atoms in total. The fourth-order valence-electron chi connectivity index (χ4n) is 2.31. The number of carboxylic acids is 1. The fourth-order valence-corrected chi connectivity index (χ4v) is 3.51. The number of carbonyl (C=O) groups is 1. The number of carboxylic acid groups (broad SMARTS) is 1. The van der Waals surface area contributed by atoms with Gasteiger partial charge >= 0.3 is 5.97 Å². The van der Waals surface area contributed by atoms with Crippen molar-refractivity contribution in [3.8, 4) is 0 Å². The number of hydrogen-bond donors (Lipinski definition) is 2. The molecule has 1 rings (SSSR count). The normalized spacial score (nSPS) is 12.3. The minimum Gasteiger partial charge on any atom is -0.481 e. The Morgan fingerprint density at radius 2 is 1.78 bits per heavy atom. The Bertz CT molecular complexity index is 611. The molecule has 0 aromatic heterocycles. The lowest BCUT2D eigenvalue weighted by atomic mass is 9.84. The maximum atomic E-state index is 12.0. The highest BCUT2D eigenvalue weighted by Gasteiger charge is 2.21. The highest BCUT2D eigenvalue weighted by molar-refractivity contribution is 7.89. The van der Waals surface area contributed by atoms with Gasteiger partial charge in [0.1, 0.15) is 0 Å². The molecule has 0 atom stereocenters. The number of nitrogens with one attached hydrogen (secondary N) is 1. The summed E-state index contributed by atoms with van der Waals surface area (Å²) in [5, 5.41) is 9.31. The zero-order chi connectivity index (χ0) is 17.5. The summed E-state index contributed by atoms with van der Waals surface area (Å²) in [6.07, 6.45) is 3.41. The molecule has 0 saturated carbocycles. The van der Waals surface area contributed by atoms with Crippen LogP contribution in [-0.2, 0) is 14.8 Å². The van der Waals surface area contributed by atoms with Crippen molar-refractivity contribution < 1.29 is 18.3 Å². The van der Waals surface area contributed by atoms with Gasteiger partial charge in [-0.05, 0) is 42.5 Å². The van der Waals surface area contributed by atoms with Crippen LogP contribution in [0, 0.1) is 5.41 Å². The van der Waals surface area contributed by atoms with E-state index < -0.39 is 16.0 Å². The summed E-state index contributed by atoms with van der Waals surface area (Å²) in [5.41, 5.74) is -0.228. The van der Waals surface area contributed by atoms with Gasteiger partial charge in [0.2, 0.25) is 10.0 Å². The first-order valence-corrected chi connectivity index (χ1v) is 9.46. The molecular formula is C16H24ClNO4S. The molecule has 0 aliphatic rings. The Labute approximate surface area is 143 Å². The van der Waals surface area contributed by atoms with Gasteiger partial charge in [-0.25, -0.2) is 13.1 Å².